The molecule has 0 spiro atoms. The van der Waals surface area contributed by atoms with Crippen LogP contribution in [0.5, 0.6) is 5.75 Å². The summed E-state index contributed by atoms with van der Waals surface area (Å²) >= 11 is 0. The summed E-state index contributed by atoms with van der Waals surface area (Å²) in [7, 11) is 0. The van der Waals surface area contributed by atoms with Crippen LogP contribution in [0.4, 0.5) is 0 Å². The van der Waals surface area contributed by atoms with Gasteiger partial charge >= 0.3 is 0 Å². The van der Waals surface area contributed by atoms with Crippen molar-refractivity contribution in [2.24, 2.45) is 0 Å². The summed E-state index contributed by atoms with van der Waals surface area (Å²) in [5.41, 5.74) is 0.863. The lowest BCUT2D eigenvalue weighted by atomic mass is 10.1. The molecule has 0 aromatic heterocycles. The summed E-state index contributed by atoms with van der Waals surface area (Å²) in [6.07, 6.45) is 2.54. The predicted octanol–water partition coefficient (Wildman–Crippen LogP) is 2.77. The van der Waals surface area contributed by atoms with E-state index < -0.39 is 0 Å². The number of nitrogens with zero attached hydrogens (tertiary/aromatic N) is 1. The van der Waals surface area contributed by atoms with Crippen LogP contribution in [-0.4, -0.2) is 23.3 Å². The molecule has 1 amide bonds. The fourth-order valence-electron chi connectivity index (χ4n) is 1.42. The Morgan fingerprint density at radius 2 is 2.06 bits per heavy atom. The highest BCUT2D eigenvalue weighted by atomic mass is 16.5. The van der Waals surface area contributed by atoms with Gasteiger partial charge in [-0.05, 0) is 31.0 Å². The van der Waals surface area contributed by atoms with Crippen LogP contribution in [0.15, 0.2) is 24.3 Å². The van der Waals surface area contributed by atoms with E-state index in [0.29, 0.717) is 18.1 Å². The lowest BCUT2D eigenvalue weighted by Gasteiger charge is -2.18. The zero-order chi connectivity index (χ0) is 12.7. The normalized spacial score (nSPS) is 11.9. The van der Waals surface area contributed by atoms with Gasteiger partial charge in [0.15, 0.2) is 0 Å². The van der Waals surface area contributed by atoms with Crippen LogP contribution in [-0.2, 0) is 4.79 Å². The Bertz CT molecular complexity index is 337. The fourth-order valence-corrected chi connectivity index (χ4v) is 1.42. The van der Waals surface area contributed by atoms with Crippen LogP contribution >= 0.6 is 0 Å². The number of unbranched alkanes of at least 4 members (excludes halogenated alkanes) is 1. The minimum absolute atomic E-state index is 0.350. The van der Waals surface area contributed by atoms with Crippen LogP contribution in [0.3, 0.4) is 0 Å². The van der Waals surface area contributed by atoms with Crippen molar-refractivity contribution in [3.05, 3.63) is 29.8 Å². The zero-order valence-electron chi connectivity index (χ0n) is 10.3. The summed E-state index contributed by atoms with van der Waals surface area (Å²) < 4.78 is 5.52. The molecule has 1 rings (SSSR count). The highest BCUT2D eigenvalue weighted by molar-refractivity contribution is 5.46. The third-order valence-electron chi connectivity index (χ3n) is 2.63. The number of benzene rings is 1. The SMILES string of the molecule is CCCCOc1ccc([C@H](C)N(O)C=O)cc1. The van der Waals surface area contributed by atoms with Crippen molar-refractivity contribution in [3.8, 4) is 5.75 Å². The molecule has 1 N–H and O–H groups in total. The second-order valence-corrected chi connectivity index (χ2v) is 3.93. The number of rotatable bonds is 7. The number of ether oxygens (including phenoxy) is 1. The average molecular weight is 237 g/mol. The van der Waals surface area contributed by atoms with E-state index in [1.165, 1.54) is 0 Å². The highest BCUT2D eigenvalue weighted by Crippen LogP contribution is 2.20. The summed E-state index contributed by atoms with van der Waals surface area (Å²) in [6.45, 7) is 4.58. The van der Waals surface area contributed by atoms with Gasteiger partial charge in [-0.2, -0.15) is 0 Å². The van der Waals surface area contributed by atoms with E-state index in [4.69, 9.17) is 4.74 Å². The molecule has 4 heteroatoms. The maximum atomic E-state index is 10.4. The predicted molar refractivity (Wildman–Crippen MR) is 64.9 cm³/mol. The fraction of sp³-hybridized carbons (Fsp3) is 0.462. The standard InChI is InChI=1S/C13H19NO3/c1-3-4-9-17-13-7-5-12(6-8-13)11(2)14(16)10-15/h5-8,10-11,16H,3-4,9H2,1-2H3/t11-/m0/s1. The summed E-state index contributed by atoms with van der Waals surface area (Å²) in [5, 5.41) is 9.90. The molecule has 0 heterocycles. The van der Waals surface area contributed by atoms with E-state index in [2.05, 4.69) is 6.92 Å². The number of hydroxylamine groups is 2. The van der Waals surface area contributed by atoms with Gasteiger partial charge in [-0.3, -0.25) is 10.0 Å². The van der Waals surface area contributed by atoms with Gasteiger partial charge in [-0.25, -0.2) is 5.06 Å². The molecular weight excluding hydrogens is 218 g/mol. The van der Waals surface area contributed by atoms with Gasteiger partial charge in [0.1, 0.15) is 5.75 Å². The van der Waals surface area contributed by atoms with Gasteiger partial charge in [0.25, 0.3) is 0 Å². The lowest BCUT2D eigenvalue weighted by molar-refractivity contribution is -0.159. The average Bonchev–Trinajstić information content (AvgIpc) is 2.38. The molecule has 17 heavy (non-hydrogen) atoms. The lowest BCUT2D eigenvalue weighted by Crippen LogP contribution is -2.20. The van der Waals surface area contributed by atoms with E-state index in [9.17, 15) is 10.0 Å². The second-order valence-electron chi connectivity index (χ2n) is 3.93. The quantitative estimate of drug-likeness (QED) is 0.343. The molecule has 0 aliphatic rings. The first-order valence-corrected chi connectivity index (χ1v) is 5.84. The molecule has 1 aromatic rings. The molecule has 0 bridgehead atoms. The van der Waals surface area contributed by atoms with Gasteiger partial charge in [-0.1, -0.05) is 25.5 Å². The van der Waals surface area contributed by atoms with E-state index in [0.717, 1.165) is 24.2 Å². The van der Waals surface area contributed by atoms with Crippen molar-refractivity contribution in [2.45, 2.75) is 32.7 Å². The molecule has 0 unspecified atom stereocenters. The number of carbonyl (C=O) groups excluding carboxylic acids is 1. The molecule has 0 saturated heterocycles. The first-order valence-electron chi connectivity index (χ1n) is 5.84. The van der Waals surface area contributed by atoms with E-state index in [1.54, 1.807) is 6.92 Å². The maximum Gasteiger partial charge on any atom is 0.233 e. The molecule has 0 aliphatic heterocycles. The largest absolute Gasteiger partial charge is 0.494 e. The number of carbonyl (C=O) groups is 1. The summed E-state index contributed by atoms with van der Waals surface area (Å²) in [6, 6.07) is 7.04. The maximum absolute atomic E-state index is 10.4. The Labute approximate surface area is 102 Å². The van der Waals surface area contributed by atoms with Crippen molar-refractivity contribution < 1.29 is 14.7 Å². The molecule has 94 valence electrons. The highest BCUT2D eigenvalue weighted by Gasteiger charge is 2.11. The van der Waals surface area contributed by atoms with E-state index >= 15 is 0 Å². The zero-order valence-corrected chi connectivity index (χ0v) is 10.3. The third kappa shape index (κ3) is 4.07. The van der Waals surface area contributed by atoms with E-state index in [-0.39, 0.29) is 6.04 Å². The Hall–Kier alpha value is -1.55. The van der Waals surface area contributed by atoms with Gasteiger partial charge in [0, 0.05) is 0 Å². The smallest absolute Gasteiger partial charge is 0.233 e. The van der Waals surface area contributed by atoms with E-state index in [1.807, 2.05) is 24.3 Å². The second kappa shape index (κ2) is 6.91. The first-order chi connectivity index (χ1) is 8.19. The van der Waals surface area contributed by atoms with Gasteiger partial charge in [0.05, 0.1) is 12.6 Å². The Kier molecular flexibility index (Phi) is 5.49. The summed E-state index contributed by atoms with van der Waals surface area (Å²) in [4.78, 5) is 10.4. The van der Waals surface area contributed by atoms with Crippen LogP contribution in [0.1, 0.15) is 38.3 Å². The molecule has 0 fully saturated rings. The Morgan fingerprint density at radius 3 is 2.59 bits per heavy atom. The third-order valence-corrected chi connectivity index (χ3v) is 2.63. The van der Waals surface area contributed by atoms with Gasteiger partial charge in [-0.15, -0.1) is 0 Å². The topological polar surface area (TPSA) is 49.8 Å². The van der Waals surface area contributed by atoms with Crippen molar-refractivity contribution in [1.29, 1.82) is 0 Å². The molecular formula is C13H19NO3. The number of hydrogen-bond donors (Lipinski definition) is 1. The Morgan fingerprint density at radius 1 is 1.41 bits per heavy atom. The van der Waals surface area contributed by atoms with Crippen molar-refractivity contribution >= 4 is 6.41 Å². The van der Waals surface area contributed by atoms with Crippen molar-refractivity contribution in [1.82, 2.24) is 5.06 Å². The monoisotopic (exact) mass is 237 g/mol. The van der Waals surface area contributed by atoms with Gasteiger partial charge < -0.3 is 4.74 Å². The molecule has 4 nitrogen and oxygen atoms in total. The van der Waals surface area contributed by atoms with Crippen LogP contribution < -0.4 is 4.74 Å². The summed E-state index contributed by atoms with van der Waals surface area (Å²) in [5.74, 6) is 0.810. The van der Waals surface area contributed by atoms with Crippen LogP contribution in [0.25, 0.3) is 0 Å². The molecule has 0 aliphatic carbocycles. The van der Waals surface area contributed by atoms with Crippen LogP contribution in [0.2, 0.25) is 0 Å². The minimum atomic E-state index is -0.350. The van der Waals surface area contributed by atoms with Crippen molar-refractivity contribution in [3.63, 3.8) is 0 Å². The molecule has 0 radical (unpaired) electrons. The number of amides is 1. The van der Waals surface area contributed by atoms with Gasteiger partial charge in [0.2, 0.25) is 6.41 Å². The molecule has 1 aromatic carbocycles. The molecule has 1 atom stereocenters. The van der Waals surface area contributed by atoms with Crippen molar-refractivity contribution in [2.75, 3.05) is 6.61 Å². The van der Waals surface area contributed by atoms with Crippen LogP contribution in [0, 0.1) is 0 Å². The first kappa shape index (κ1) is 13.5. The minimum Gasteiger partial charge on any atom is -0.494 e. The Balaban J connectivity index is 2.58. The number of hydrogen-bond acceptors (Lipinski definition) is 3. The molecule has 0 saturated carbocycles.